The molecule has 10 heavy (non-hydrogen) atoms. The van der Waals surface area contributed by atoms with Gasteiger partial charge >= 0.3 is 8.03 Å². The number of hydrogen-bond donors (Lipinski definition) is 0. The van der Waals surface area contributed by atoms with Crippen LogP contribution in [0.1, 0.15) is 19.3 Å². The summed E-state index contributed by atoms with van der Waals surface area (Å²) in [6, 6.07) is 0. The van der Waals surface area contributed by atoms with Crippen LogP contribution in [-0.4, -0.2) is 24.3 Å². The van der Waals surface area contributed by atoms with Gasteiger partial charge < -0.3 is 4.89 Å². The number of hydrogen-bond acceptors (Lipinski definition) is 3. The van der Waals surface area contributed by atoms with Gasteiger partial charge in [0, 0.05) is 13.1 Å². The fourth-order valence-corrected chi connectivity index (χ4v) is 1.87. The van der Waals surface area contributed by atoms with Crippen molar-refractivity contribution in [1.29, 1.82) is 0 Å². The van der Waals surface area contributed by atoms with Crippen LogP contribution in [0.2, 0.25) is 0 Å². The van der Waals surface area contributed by atoms with Crippen LogP contribution < -0.4 is 4.89 Å². The molecule has 1 fully saturated rings. The summed E-state index contributed by atoms with van der Waals surface area (Å²) in [6.45, 7) is 1.92. The van der Waals surface area contributed by atoms with Gasteiger partial charge in [-0.15, -0.1) is 0 Å². The molecule has 0 N–H and O–H groups in total. The molecule has 1 aliphatic heterocycles. The van der Waals surface area contributed by atoms with E-state index < -0.39 is 8.03 Å². The molecule has 0 aromatic rings. The standard InChI is InChI=1S/C6H12NO2P/c8-10(9)6-7-4-2-1-3-5-7/h1-6H2. The predicted molar refractivity (Wildman–Crippen MR) is 37.9 cm³/mol. The minimum atomic E-state index is -2.20. The van der Waals surface area contributed by atoms with Gasteiger partial charge in [-0.25, -0.2) is 0 Å². The van der Waals surface area contributed by atoms with Crippen molar-refractivity contribution >= 4 is 8.03 Å². The highest BCUT2D eigenvalue weighted by Crippen LogP contribution is 2.15. The Hall–Kier alpha value is 0.0200. The fourth-order valence-electron chi connectivity index (χ4n) is 1.26. The van der Waals surface area contributed by atoms with Crippen LogP contribution in [0.15, 0.2) is 0 Å². The lowest BCUT2D eigenvalue weighted by Crippen LogP contribution is -2.30. The highest BCUT2D eigenvalue weighted by molar-refractivity contribution is 7.36. The molecule has 0 aromatic heterocycles. The molecule has 1 rings (SSSR count). The highest BCUT2D eigenvalue weighted by Gasteiger charge is 2.14. The third-order valence-electron chi connectivity index (χ3n) is 1.76. The van der Waals surface area contributed by atoms with Crippen molar-refractivity contribution < 1.29 is 9.46 Å². The fraction of sp³-hybridized carbons (Fsp3) is 1.00. The third kappa shape index (κ3) is 2.74. The van der Waals surface area contributed by atoms with E-state index in [2.05, 4.69) is 0 Å². The first-order valence-corrected chi connectivity index (χ1v) is 4.99. The van der Waals surface area contributed by atoms with Crippen LogP contribution in [0, 0.1) is 0 Å². The van der Waals surface area contributed by atoms with Crippen LogP contribution in [-0.2, 0) is 4.57 Å². The molecular formula is C6H12NO2P. The molecule has 0 aliphatic carbocycles. The Bertz CT molecular complexity index is 123. The zero-order valence-corrected chi connectivity index (χ0v) is 6.85. The maximum Gasteiger partial charge on any atom is 0.324 e. The summed E-state index contributed by atoms with van der Waals surface area (Å²) >= 11 is 0. The Morgan fingerprint density at radius 3 is 2.40 bits per heavy atom. The Kier molecular flexibility index (Phi) is 3.26. The Morgan fingerprint density at radius 2 is 1.90 bits per heavy atom. The second-order valence-corrected chi connectivity index (χ2v) is 3.60. The van der Waals surface area contributed by atoms with Gasteiger partial charge in [-0.3, -0.25) is 4.90 Å². The van der Waals surface area contributed by atoms with E-state index in [9.17, 15) is 9.46 Å². The summed E-state index contributed by atoms with van der Waals surface area (Å²) in [5.74, 6) is 0. The number of nitrogens with zero attached hydrogens (tertiary/aromatic N) is 1. The summed E-state index contributed by atoms with van der Waals surface area (Å²) in [4.78, 5) is 12.3. The Morgan fingerprint density at radius 1 is 1.30 bits per heavy atom. The van der Waals surface area contributed by atoms with Gasteiger partial charge in [0.15, 0.2) is 6.29 Å². The largest absolute Gasteiger partial charge is 0.594 e. The van der Waals surface area contributed by atoms with Gasteiger partial charge in [-0.1, -0.05) is 11.0 Å². The number of likely N-dealkylation sites (tertiary alicyclic amines) is 1. The average Bonchev–Trinajstić information content (AvgIpc) is 1.88. The van der Waals surface area contributed by atoms with Gasteiger partial charge in [0.1, 0.15) is 0 Å². The molecule has 1 atom stereocenters. The van der Waals surface area contributed by atoms with Gasteiger partial charge in [0.2, 0.25) is 0 Å². The molecule has 0 radical (unpaired) electrons. The topological polar surface area (TPSA) is 43.4 Å². The molecular weight excluding hydrogens is 149 g/mol. The first kappa shape index (κ1) is 8.12. The third-order valence-corrected chi connectivity index (χ3v) is 2.40. The molecule has 3 nitrogen and oxygen atoms in total. The van der Waals surface area contributed by atoms with Crippen LogP contribution >= 0.6 is 8.03 Å². The van der Waals surface area contributed by atoms with Crippen molar-refractivity contribution in [1.82, 2.24) is 4.90 Å². The van der Waals surface area contributed by atoms with Crippen molar-refractivity contribution in [2.24, 2.45) is 0 Å². The number of piperidine rings is 1. The normalized spacial score (nSPS) is 22.7. The van der Waals surface area contributed by atoms with E-state index in [0.717, 1.165) is 25.9 Å². The SMILES string of the molecule is O=[P+]([O-])CN1CCCCC1. The van der Waals surface area contributed by atoms with Crippen LogP contribution in [0.3, 0.4) is 0 Å². The Balaban J connectivity index is 2.19. The maximum atomic E-state index is 10.3. The average molecular weight is 161 g/mol. The Labute approximate surface area is 61.9 Å². The second-order valence-electron chi connectivity index (χ2n) is 2.65. The van der Waals surface area contributed by atoms with Crippen molar-refractivity contribution in [3.63, 3.8) is 0 Å². The van der Waals surface area contributed by atoms with Crippen molar-refractivity contribution in [2.75, 3.05) is 19.4 Å². The molecule has 0 bridgehead atoms. The molecule has 0 saturated carbocycles. The summed E-state index contributed by atoms with van der Waals surface area (Å²) in [5.41, 5.74) is 0. The minimum absolute atomic E-state index is 0.259. The molecule has 1 saturated heterocycles. The second kappa shape index (κ2) is 4.02. The molecule has 1 heterocycles. The summed E-state index contributed by atoms with van der Waals surface area (Å²) in [5, 5.41) is 0. The van der Waals surface area contributed by atoms with Crippen molar-refractivity contribution in [2.45, 2.75) is 19.3 Å². The summed E-state index contributed by atoms with van der Waals surface area (Å²) < 4.78 is 10.3. The van der Waals surface area contributed by atoms with Crippen molar-refractivity contribution in [3.8, 4) is 0 Å². The van der Waals surface area contributed by atoms with Gasteiger partial charge in [0.05, 0.1) is 0 Å². The van der Waals surface area contributed by atoms with Crippen LogP contribution in [0.25, 0.3) is 0 Å². The maximum absolute atomic E-state index is 10.3. The van der Waals surface area contributed by atoms with E-state index in [1.54, 1.807) is 0 Å². The van der Waals surface area contributed by atoms with E-state index in [0.29, 0.717) is 0 Å². The smallest absolute Gasteiger partial charge is 0.324 e. The molecule has 1 aliphatic rings. The molecule has 0 amide bonds. The van der Waals surface area contributed by atoms with Gasteiger partial charge in [0.25, 0.3) is 0 Å². The van der Waals surface area contributed by atoms with E-state index in [4.69, 9.17) is 0 Å². The van der Waals surface area contributed by atoms with Gasteiger partial charge in [-0.2, -0.15) is 0 Å². The lowest BCUT2D eigenvalue weighted by atomic mass is 10.1. The van der Waals surface area contributed by atoms with E-state index in [1.165, 1.54) is 6.42 Å². The summed E-state index contributed by atoms with van der Waals surface area (Å²) in [6.07, 6.45) is 3.83. The quantitative estimate of drug-likeness (QED) is 0.555. The predicted octanol–water partition coefficient (Wildman–Crippen LogP) is 0.532. The molecule has 1 unspecified atom stereocenters. The molecule has 0 spiro atoms. The molecule has 58 valence electrons. The molecule has 4 heteroatoms. The first-order chi connectivity index (χ1) is 4.79. The first-order valence-electron chi connectivity index (χ1n) is 3.63. The lowest BCUT2D eigenvalue weighted by molar-refractivity contribution is -0.166. The highest BCUT2D eigenvalue weighted by atomic mass is 31.1. The van der Waals surface area contributed by atoms with E-state index >= 15 is 0 Å². The van der Waals surface area contributed by atoms with E-state index in [1.807, 2.05) is 4.90 Å². The molecule has 0 aromatic carbocycles. The zero-order valence-electron chi connectivity index (χ0n) is 5.95. The van der Waals surface area contributed by atoms with Crippen LogP contribution in [0.4, 0.5) is 0 Å². The minimum Gasteiger partial charge on any atom is -0.594 e. The monoisotopic (exact) mass is 161 g/mol. The lowest BCUT2D eigenvalue weighted by Gasteiger charge is -2.22. The van der Waals surface area contributed by atoms with Crippen molar-refractivity contribution in [3.05, 3.63) is 0 Å². The van der Waals surface area contributed by atoms with Gasteiger partial charge in [-0.05, 0) is 12.8 Å². The zero-order chi connectivity index (χ0) is 7.40. The summed E-state index contributed by atoms with van der Waals surface area (Å²) in [7, 11) is -2.20. The van der Waals surface area contributed by atoms with E-state index in [-0.39, 0.29) is 6.29 Å². The number of rotatable bonds is 2. The van der Waals surface area contributed by atoms with Crippen LogP contribution in [0.5, 0.6) is 0 Å².